The van der Waals surface area contributed by atoms with Crippen LogP contribution in [0.5, 0.6) is 0 Å². The topological polar surface area (TPSA) is 104 Å². The highest BCUT2D eigenvalue weighted by Crippen LogP contribution is 2.35. The first-order chi connectivity index (χ1) is 12.3. The summed E-state index contributed by atoms with van der Waals surface area (Å²) in [6.07, 6.45) is 2.86. The molecule has 144 valence electrons. The number of anilines is 1. The number of aliphatic hydroxyl groups excluding tert-OH is 1. The van der Waals surface area contributed by atoms with Crippen molar-refractivity contribution in [1.29, 1.82) is 0 Å². The van der Waals surface area contributed by atoms with Crippen LogP contribution in [0.15, 0.2) is 23.1 Å². The fourth-order valence-corrected chi connectivity index (χ4v) is 5.52. The Hall–Kier alpha value is -1.71. The monoisotopic (exact) mass is 383 g/mol. The van der Waals surface area contributed by atoms with Gasteiger partial charge in [0.2, 0.25) is 10.0 Å². The molecule has 0 bridgehead atoms. The van der Waals surface area contributed by atoms with Gasteiger partial charge in [-0.3, -0.25) is 10.1 Å². The average molecular weight is 383 g/mol. The van der Waals surface area contributed by atoms with Crippen molar-refractivity contribution in [3.05, 3.63) is 28.3 Å². The van der Waals surface area contributed by atoms with Gasteiger partial charge in [-0.25, -0.2) is 8.42 Å². The van der Waals surface area contributed by atoms with Gasteiger partial charge in [-0.2, -0.15) is 4.31 Å². The Bertz CT molecular complexity index is 775. The van der Waals surface area contributed by atoms with Gasteiger partial charge in [0.05, 0.1) is 16.7 Å². The van der Waals surface area contributed by atoms with Crippen molar-refractivity contribution >= 4 is 21.4 Å². The van der Waals surface area contributed by atoms with Gasteiger partial charge in [0.1, 0.15) is 4.90 Å². The molecule has 2 fully saturated rings. The lowest BCUT2D eigenvalue weighted by atomic mass is 9.93. The maximum Gasteiger partial charge on any atom is 0.270 e. The summed E-state index contributed by atoms with van der Waals surface area (Å²) < 4.78 is 27.6. The zero-order valence-electron chi connectivity index (χ0n) is 14.9. The molecule has 0 aliphatic carbocycles. The predicted molar refractivity (Wildman–Crippen MR) is 97.7 cm³/mol. The Morgan fingerprint density at radius 3 is 2.54 bits per heavy atom. The van der Waals surface area contributed by atoms with Crippen LogP contribution in [-0.2, 0) is 10.0 Å². The number of benzene rings is 1. The molecule has 9 heteroatoms. The summed E-state index contributed by atoms with van der Waals surface area (Å²) in [6.45, 7) is 3.84. The largest absolute Gasteiger partial charge is 0.393 e. The molecule has 2 heterocycles. The first kappa shape index (κ1) is 19.1. The van der Waals surface area contributed by atoms with Gasteiger partial charge in [-0.15, -0.1) is 0 Å². The maximum atomic E-state index is 13.1. The van der Waals surface area contributed by atoms with E-state index in [-0.39, 0.29) is 16.5 Å². The van der Waals surface area contributed by atoms with Gasteiger partial charge in [-0.05, 0) is 38.7 Å². The standard InChI is InChI=1S/C17H25N3O5S/c1-13(21)14-5-4-8-18(12-14)16-7-6-15(20(22)23)11-17(16)26(24,25)19-9-2-3-10-19/h6-7,11,13-14,21H,2-5,8-10,12H2,1H3. The van der Waals surface area contributed by atoms with E-state index in [0.717, 1.165) is 25.7 Å². The minimum Gasteiger partial charge on any atom is -0.393 e. The third-order valence-corrected chi connectivity index (χ3v) is 7.25. The summed E-state index contributed by atoms with van der Waals surface area (Å²) in [5, 5.41) is 21.1. The number of hydrogen-bond acceptors (Lipinski definition) is 6. The third-order valence-electron chi connectivity index (χ3n) is 5.32. The summed E-state index contributed by atoms with van der Waals surface area (Å²) in [5.41, 5.74) is 0.267. The van der Waals surface area contributed by atoms with Crippen LogP contribution < -0.4 is 4.90 Å². The van der Waals surface area contributed by atoms with Crippen molar-refractivity contribution in [1.82, 2.24) is 4.31 Å². The molecule has 1 aromatic carbocycles. The summed E-state index contributed by atoms with van der Waals surface area (Å²) in [4.78, 5) is 12.6. The molecule has 2 unspecified atom stereocenters. The van der Waals surface area contributed by atoms with Crippen molar-refractivity contribution in [2.75, 3.05) is 31.1 Å². The molecule has 2 saturated heterocycles. The van der Waals surface area contributed by atoms with E-state index in [1.807, 2.05) is 4.90 Å². The van der Waals surface area contributed by atoms with Gasteiger partial charge < -0.3 is 10.0 Å². The minimum atomic E-state index is -3.79. The van der Waals surface area contributed by atoms with Crippen molar-refractivity contribution in [2.45, 2.75) is 43.6 Å². The molecular formula is C17H25N3O5S. The fourth-order valence-electron chi connectivity index (χ4n) is 3.77. The number of nitrogens with zero attached hydrogens (tertiary/aromatic N) is 3. The smallest absolute Gasteiger partial charge is 0.270 e. The molecule has 1 aromatic rings. The summed E-state index contributed by atoms with van der Waals surface area (Å²) >= 11 is 0. The molecule has 2 aliphatic rings. The van der Waals surface area contributed by atoms with E-state index in [2.05, 4.69) is 0 Å². The van der Waals surface area contributed by atoms with E-state index in [4.69, 9.17) is 0 Å². The molecule has 2 aliphatic heterocycles. The van der Waals surface area contributed by atoms with Gasteiger partial charge in [0, 0.05) is 44.2 Å². The zero-order chi connectivity index (χ0) is 18.9. The normalized spacial score (nSPS) is 23.2. The van der Waals surface area contributed by atoms with Crippen LogP contribution in [0.2, 0.25) is 0 Å². The minimum absolute atomic E-state index is 0.000146. The van der Waals surface area contributed by atoms with Gasteiger partial charge >= 0.3 is 0 Å². The molecule has 2 atom stereocenters. The molecule has 0 spiro atoms. The van der Waals surface area contributed by atoms with Crippen LogP contribution in [-0.4, -0.2) is 55.0 Å². The Labute approximate surface area is 153 Å². The number of non-ortho nitro benzene ring substituents is 1. The number of rotatable bonds is 5. The maximum absolute atomic E-state index is 13.1. The Morgan fingerprint density at radius 1 is 1.23 bits per heavy atom. The van der Waals surface area contributed by atoms with Crippen molar-refractivity contribution < 1.29 is 18.4 Å². The second-order valence-corrected chi connectivity index (χ2v) is 9.02. The second kappa shape index (κ2) is 7.50. The molecule has 1 N–H and O–H groups in total. The average Bonchev–Trinajstić information content (AvgIpc) is 3.16. The van der Waals surface area contributed by atoms with E-state index >= 15 is 0 Å². The molecular weight excluding hydrogens is 358 g/mol. The van der Waals surface area contributed by atoms with Crippen LogP contribution in [0.1, 0.15) is 32.6 Å². The van der Waals surface area contributed by atoms with Crippen LogP contribution >= 0.6 is 0 Å². The first-order valence-electron chi connectivity index (χ1n) is 9.02. The van der Waals surface area contributed by atoms with E-state index in [1.165, 1.54) is 22.5 Å². The van der Waals surface area contributed by atoms with Crippen molar-refractivity contribution in [2.24, 2.45) is 5.92 Å². The van der Waals surface area contributed by atoms with Gasteiger partial charge in [0.15, 0.2) is 0 Å². The van der Waals surface area contributed by atoms with E-state index < -0.39 is 21.1 Å². The molecule has 0 saturated carbocycles. The number of sulfonamides is 1. The number of aliphatic hydroxyl groups is 1. The number of nitro groups is 1. The predicted octanol–water partition coefficient (Wildman–Crippen LogP) is 1.98. The quantitative estimate of drug-likeness (QED) is 0.616. The van der Waals surface area contributed by atoms with Crippen molar-refractivity contribution in [3.63, 3.8) is 0 Å². The number of piperidine rings is 1. The number of nitro benzene ring substituents is 1. The van der Waals surface area contributed by atoms with E-state index in [0.29, 0.717) is 31.9 Å². The molecule has 8 nitrogen and oxygen atoms in total. The first-order valence-corrected chi connectivity index (χ1v) is 10.5. The van der Waals surface area contributed by atoms with Crippen LogP contribution in [0.25, 0.3) is 0 Å². The highest BCUT2D eigenvalue weighted by Gasteiger charge is 2.34. The van der Waals surface area contributed by atoms with Crippen LogP contribution in [0, 0.1) is 16.0 Å². The zero-order valence-corrected chi connectivity index (χ0v) is 15.7. The highest BCUT2D eigenvalue weighted by molar-refractivity contribution is 7.89. The van der Waals surface area contributed by atoms with Crippen LogP contribution in [0.3, 0.4) is 0 Å². The summed E-state index contributed by atoms with van der Waals surface area (Å²) in [6, 6.07) is 4.06. The summed E-state index contributed by atoms with van der Waals surface area (Å²) in [5.74, 6) is 0.0567. The van der Waals surface area contributed by atoms with E-state index in [9.17, 15) is 23.6 Å². The highest BCUT2D eigenvalue weighted by atomic mass is 32.2. The van der Waals surface area contributed by atoms with Gasteiger partial charge in [0.25, 0.3) is 5.69 Å². The molecule has 0 radical (unpaired) electrons. The Kier molecular flexibility index (Phi) is 5.50. The molecule has 3 rings (SSSR count). The summed E-state index contributed by atoms with van der Waals surface area (Å²) in [7, 11) is -3.79. The third kappa shape index (κ3) is 3.70. The molecule has 0 amide bonds. The SMILES string of the molecule is CC(O)C1CCCN(c2ccc([N+](=O)[O-])cc2S(=O)(=O)N2CCCC2)C1. The molecule has 0 aromatic heterocycles. The molecule has 26 heavy (non-hydrogen) atoms. The Balaban J connectivity index is 2.03. The van der Waals surface area contributed by atoms with Crippen LogP contribution in [0.4, 0.5) is 11.4 Å². The van der Waals surface area contributed by atoms with Gasteiger partial charge in [-0.1, -0.05) is 0 Å². The van der Waals surface area contributed by atoms with Crippen molar-refractivity contribution in [3.8, 4) is 0 Å². The van der Waals surface area contributed by atoms with E-state index in [1.54, 1.807) is 6.92 Å². The number of hydrogen-bond donors (Lipinski definition) is 1. The lowest BCUT2D eigenvalue weighted by molar-refractivity contribution is -0.385. The Morgan fingerprint density at radius 2 is 1.92 bits per heavy atom. The fraction of sp³-hybridized carbons (Fsp3) is 0.647. The lowest BCUT2D eigenvalue weighted by Gasteiger charge is -2.36. The lowest BCUT2D eigenvalue weighted by Crippen LogP contribution is -2.40. The second-order valence-electron chi connectivity index (χ2n) is 7.11.